The highest BCUT2D eigenvalue weighted by Crippen LogP contribution is 2.26. The molecule has 106 valence electrons. The van der Waals surface area contributed by atoms with E-state index in [0.29, 0.717) is 13.1 Å². The highest BCUT2D eigenvalue weighted by Gasteiger charge is 2.09. The smallest absolute Gasteiger partial charge is 0.316 e. The molecule has 0 bridgehead atoms. The summed E-state index contributed by atoms with van der Waals surface area (Å²) in [6.07, 6.45) is 0. The number of urea groups is 1. The van der Waals surface area contributed by atoms with Gasteiger partial charge in [-0.25, -0.2) is 4.79 Å². The Hall–Kier alpha value is -0.780. The molecule has 2 amide bonds. The molecule has 0 aromatic heterocycles. The van der Waals surface area contributed by atoms with Gasteiger partial charge in [-0.15, -0.1) is 0 Å². The number of nitrogens with zero attached hydrogens (tertiary/aromatic N) is 1. The number of carbonyl (C=O) groups excluding carboxylic acids is 1. The molecule has 1 unspecified atom stereocenters. The van der Waals surface area contributed by atoms with Crippen LogP contribution in [0.25, 0.3) is 0 Å². The Morgan fingerprint density at radius 1 is 1.42 bits per heavy atom. The molecule has 1 atom stereocenters. The fourth-order valence-corrected chi connectivity index (χ4v) is 2.42. The van der Waals surface area contributed by atoms with E-state index in [1.165, 1.54) is 4.90 Å². The third-order valence-electron chi connectivity index (χ3n) is 2.69. The first-order valence-electron chi connectivity index (χ1n) is 6.05. The van der Waals surface area contributed by atoms with E-state index in [-0.39, 0.29) is 12.1 Å². The third kappa shape index (κ3) is 5.38. The molecule has 1 aromatic rings. The molecule has 0 aliphatic carbocycles. The summed E-state index contributed by atoms with van der Waals surface area (Å²) in [5.74, 6) is 0. The third-order valence-corrected chi connectivity index (χ3v) is 3.51. The van der Waals surface area contributed by atoms with E-state index in [1.54, 1.807) is 14.1 Å². The van der Waals surface area contributed by atoms with Crippen LogP contribution in [0.5, 0.6) is 0 Å². The normalized spacial score (nSPS) is 12.1. The number of carbonyl (C=O) groups is 1. The van der Waals surface area contributed by atoms with Gasteiger partial charge in [-0.1, -0.05) is 33.6 Å². The minimum absolute atomic E-state index is 0.0869. The van der Waals surface area contributed by atoms with Gasteiger partial charge in [0, 0.05) is 42.7 Å². The number of benzene rings is 1. The summed E-state index contributed by atoms with van der Waals surface area (Å²) < 4.78 is 0.965. The van der Waals surface area contributed by atoms with E-state index in [2.05, 4.69) is 26.6 Å². The molecule has 1 aromatic carbocycles. The lowest BCUT2D eigenvalue weighted by atomic mass is 10.1. The van der Waals surface area contributed by atoms with E-state index in [0.717, 1.165) is 15.1 Å². The van der Waals surface area contributed by atoms with Crippen molar-refractivity contribution in [3.8, 4) is 0 Å². The summed E-state index contributed by atoms with van der Waals surface area (Å²) in [4.78, 5) is 12.8. The second-order valence-electron chi connectivity index (χ2n) is 4.47. The van der Waals surface area contributed by atoms with Gasteiger partial charge in [0.1, 0.15) is 0 Å². The van der Waals surface area contributed by atoms with Crippen LogP contribution in [0.3, 0.4) is 0 Å². The Morgan fingerprint density at radius 2 is 2.11 bits per heavy atom. The molecule has 0 saturated heterocycles. The lowest BCUT2D eigenvalue weighted by molar-refractivity contribution is 0.217. The van der Waals surface area contributed by atoms with Crippen LogP contribution in [0.1, 0.15) is 18.5 Å². The van der Waals surface area contributed by atoms with E-state index in [9.17, 15) is 4.79 Å². The van der Waals surface area contributed by atoms with Gasteiger partial charge in [0.25, 0.3) is 0 Å². The van der Waals surface area contributed by atoms with Crippen molar-refractivity contribution >= 4 is 33.6 Å². The van der Waals surface area contributed by atoms with Crippen LogP contribution in [-0.2, 0) is 0 Å². The maximum atomic E-state index is 11.3. The number of amides is 2. The standard InChI is InChI=1S/C13H19BrClN3O/c1-9(11-5-4-10(14)8-12(11)15)16-6-7-17-13(19)18(2)3/h4-5,8-9,16H,6-7H2,1-3H3,(H,17,19). The van der Waals surface area contributed by atoms with E-state index in [1.807, 2.05) is 25.1 Å². The molecule has 0 heterocycles. The first kappa shape index (κ1) is 16.3. The minimum atomic E-state index is -0.0869. The summed E-state index contributed by atoms with van der Waals surface area (Å²) in [5.41, 5.74) is 1.05. The van der Waals surface area contributed by atoms with Crippen molar-refractivity contribution in [2.24, 2.45) is 0 Å². The highest BCUT2D eigenvalue weighted by molar-refractivity contribution is 9.10. The van der Waals surface area contributed by atoms with Gasteiger partial charge in [-0.3, -0.25) is 0 Å². The van der Waals surface area contributed by atoms with Crippen LogP contribution >= 0.6 is 27.5 Å². The number of hydrogen-bond acceptors (Lipinski definition) is 2. The molecular weight excluding hydrogens is 330 g/mol. The molecular formula is C13H19BrClN3O. The largest absolute Gasteiger partial charge is 0.337 e. The van der Waals surface area contributed by atoms with Crippen LogP contribution in [0, 0.1) is 0 Å². The Bertz CT molecular complexity index is 440. The van der Waals surface area contributed by atoms with Gasteiger partial charge in [-0.05, 0) is 24.6 Å². The molecule has 1 rings (SSSR count). The molecule has 6 heteroatoms. The van der Waals surface area contributed by atoms with Gasteiger partial charge >= 0.3 is 6.03 Å². The molecule has 0 saturated carbocycles. The molecule has 0 aliphatic heterocycles. The number of rotatable bonds is 5. The zero-order chi connectivity index (χ0) is 14.4. The zero-order valence-electron chi connectivity index (χ0n) is 11.3. The maximum absolute atomic E-state index is 11.3. The Morgan fingerprint density at radius 3 is 2.68 bits per heavy atom. The number of nitrogens with one attached hydrogen (secondary N) is 2. The predicted octanol–water partition coefficient (Wildman–Crippen LogP) is 3.02. The molecule has 19 heavy (non-hydrogen) atoms. The lowest BCUT2D eigenvalue weighted by Gasteiger charge is -2.17. The van der Waals surface area contributed by atoms with Gasteiger partial charge in [0.15, 0.2) is 0 Å². The van der Waals surface area contributed by atoms with Gasteiger partial charge in [-0.2, -0.15) is 0 Å². The fraction of sp³-hybridized carbons (Fsp3) is 0.462. The van der Waals surface area contributed by atoms with Gasteiger partial charge < -0.3 is 15.5 Å². The van der Waals surface area contributed by atoms with Crippen molar-refractivity contribution in [3.05, 3.63) is 33.3 Å². The number of hydrogen-bond donors (Lipinski definition) is 2. The topological polar surface area (TPSA) is 44.4 Å². The average Bonchev–Trinajstić information content (AvgIpc) is 2.33. The second-order valence-corrected chi connectivity index (χ2v) is 5.79. The quantitative estimate of drug-likeness (QED) is 0.803. The summed E-state index contributed by atoms with van der Waals surface area (Å²) in [5, 5.41) is 6.85. The maximum Gasteiger partial charge on any atom is 0.316 e. The predicted molar refractivity (Wildman–Crippen MR) is 82.7 cm³/mol. The summed E-state index contributed by atoms with van der Waals surface area (Å²) in [7, 11) is 3.43. The van der Waals surface area contributed by atoms with Gasteiger partial charge in [0.2, 0.25) is 0 Å². The lowest BCUT2D eigenvalue weighted by Crippen LogP contribution is -2.38. The Balaban J connectivity index is 2.39. The minimum Gasteiger partial charge on any atom is -0.337 e. The van der Waals surface area contributed by atoms with Crippen LogP contribution < -0.4 is 10.6 Å². The highest BCUT2D eigenvalue weighted by atomic mass is 79.9. The molecule has 0 radical (unpaired) electrons. The van der Waals surface area contributed by atoms with E-state index < -0.39 is 0 Å². The summed E-state index contributed by atoms with van der Waals surface area (Å²) in [6.45, 7) is 3.31. The van der Waals surface area contributed by atoms with Crippen molar-refractivity contribution < 1.29 is 4.79 Å². The Labute approximate surface area is 127 Å². The van der Waals surface area contributed by atoms with Crippen molar-refractivity contribution in [1.29, 1.82) is 0 Å². The van der Waals surface area contributed by atoms with Crippen molar-refractivity contribution in [1.82, 2.24) is 15.5 Å². The van der Waals surface area contributed by atoms with Crippen molar-refractivity contribution in [2.75, 3.05) is 27.2 Å². The molecule has 4 nitrogen and oxygen atoms in total. The van der Waals surface area contributed by atoms with Crippen LogP contribution in [0.15, 0.2) is 22.7 Å². The first-order chi connectivity index (χ1) is 8.91. The monoisotopic (exact) mass is 347 g/mol. The van der Waals surface area contributed by atoms with Crippen LogP contribution in [0.4, 0.5) is 4.79 Å². The molecule has 0 fully saturated rings. The summed E-state index contributed by atoms with van der Waals surface area (Å²) in [6, 6.07) is 5.88. The Kier molecular flexibility index (Phi) is 6.62. The van der Waals surface area contributed by atoms with Crippen molar-refractivity contribution in [2.45, 2.75) is 13.0 Å². The van der Waals surface area contributed by atoms with Gasteiger partial charge in [0.05, 0.1) is 0 Å². The fourth-order valence-electron chi connectivity index (χ4n) is 1.58. The van der Waals surface area contributed by atoms with E-state index >= 15 is 0 Å². The zero-order valence-corrected chi connectivity index (χ0v) is 13.7. The average molecular weight is 349 g/mol. The van der Waals surface area contributed by atoms with Crippen molar-refractivity contribution in [3.63, 3.8) is 0 Å². The SMILES string of the molecule is CC(NCCNC(=O)N(C)C)c1ccc(Br)cc1Cl. The van der Waals surface area contributed by atoms with E-state index in [4.69, 9.17) is 11.6 Å². The number of halogens is 2. The summed E-state index contributed by atoms with van der Waals surface area (Å²) >= 11 is 9.56. The molecule has 0 aliphatic rings. The molecule has 0 spiro atoms. The molecule has 2 N–H and O–H groups in total. The first-order valence-corrected chi connectivity index (χ1v) is 7.22. The van der Waals surface area contributed by atoms with Crippen LogP contribution in [0.2, 0.25) is 5.02 Å². The second kappa shape index (κ2) is 7.72. The van der Waals surface area contributed by atoms with Crippen LogP contribution in [-0.4, -0.2) is 38.1 Å².